The van der Waals surface area contributed by atoms with Crippen LogP contribution >= 0.6 is 0 Å². The second kappa shape index (κ2) is 3.06. The number of rotatable bonds is 1. The van der Waals surface area contributed by atoms with Crippen molar-refractivity contribution in [2.24, 2.45) is 0 Å². The van der Waals surface area contributed by atoms with Gasteiger partial charge in [0, 0.05) is 12.5 Å². The molecule has 1 fully saturated rings. The third-order valence-electron chi connectivity index (χ3n) is 2.18. The van der Waals surface area contributed by atoms with E-state index in [1.54, 1.807) is 6.07 Å². The summed E-state index contributed by atoms with van der Waals surface area (Å²) in [5, 5.41) is 11.2. The normalized spacial score (nSPS) is 22.8. The quantitative estimate of drug-likeness (QED) is 0.619. The summed E-state index contributed by atoms with van der Waals surface area (Å²) in [5.74, 6) is 1.02. The van der Waals surface area contributed by atoms with Crippen molar-refractivity contribution < 1.29 is 0 Å². The molecule has 1 saturated heterocycles. The highest BCUT2D eigenvalue weighted by Gasteiger charge is 2.17. The summed E-state index contributed by atoms with van der Waals surface area (Å²) >= 11 is 0. The van der Waals surface area contributed by atoms with Crippen LogP contribution in [0.2, 0.25) is 0 Å². The maximum absolute atomic E-state index is 5.44. The molecule has 2 heterocycles. The molecular weight excluding hydrogens is 152 g/mol. The molecule has 0 bridgehead atoms. The Kier molecular flexibility index (Phi) is 1.91. The van der Waals surface area contributed by atoms with Gasteiger partial charge >= 0.3 is 0 Å². The average molecular weight is 164 g/mol. The average Bonchev–Trinajstić information content (AvgIpc) is 2.58. The van der Waals surface area contributed by atoms with E-state index in [9.17, 15) is 0 Å². The van der Waals surface area contributed by atoms with Gasteiger partial charge in [-0.2, -0.15) is 5.10 Å². The first-order chi connectivity index (χ1) is 5.86. The highest BCUT2D eigenvalue weighted by molar-refractivity contribution is 5.26. The van der Waals surface area contributed by atoms with Gasteiger partial charge in [-0.1, -0.05) is 0 Å². The van der Waals surface area contributed by atoms with Crippen molar-refractivity contribution in [3.8, 4) is 0 Å². The Morgan fingerprint density at radius 1 is 1.42 bits per heavy atom. The van der Waals surface area contributed by atoms with E-state index in [2.05, 4.69) is 15.5 Å². The van der Waals surface area contributed by atoms with Gasteiger partial charge < -0.3 is 11.1 Å². The molecule has 3 N–H and O–H groups in total. The van der Waals surface area contributed by atoms with Gasteiger partial charge in [-0.05, 0) is 25.1 Å². The molecule has 0 saturated carbocycles. The van der Waals surface area contributed by atoms with Gasteiger partial charge in [0.1, 0.15) is 5.82 Å². The number of nitrogens with zero attached hydrogens (tertiary/aromatic N) is 2. The van der Waals surface area contributed by atoms with Crippen LogP contribution in [0.1, 0.15) is 18.0 Å². The number of anilines is 1. The standard InChI is InChI=1S/C8H12N4/c9-8-2-1-7(11-12-8)6-3-4-10-5-6/h1-2,6,10H,3-5H2,(H2,9,12). The molecule has 1 aliphatic heterocycles. The maximum Gasteiger partial charge on any atom is 0.146 e. The summed E-state index contributed by atoms with van der Waals surface area (Å²) in [5.41, 5.74) is 6.49. The van der Waals surface area contributed by atoms with Crippen LogP contribution in [0.15, 0.2) is 12.1 Å². The lowest BCUT2D eigenvalue weighted by Gasteiger charge is -2.05. The Morgan fingerprint density at radius 3 is 2.92 bits per heavy atom. The third-order valence-corrected chi connectivity index (χ3v) is 2.18. The molecule has 0 aliphatic carbocycles. The van der Waals surface area contributed by atoms with Crippen LogP contribution in [-0.4, -0.2) is 23.3 Å². The smallest absolute Gasteiger partial charge is 0.146 e. The van der Waals surface area contributed by atoms with Crippen LogP contribution < -0.4 is 11.1 Å². The van der Waals surface area contributed by atoms with Gasteiger partial charge in [0.15, 0.2) is 0 Å². The number of hydrogen-bond acceptors (Lipinski definition) is 4. The van der Waals surface area contributed by atoms with E-state index >= 15 is 0 Å². The maximum atomic E-state index is 5.44. The SMILES string of the molecule is Nc1ccc(C2CCNC2)nn1. The number of hydrogen-bond donors (Lipinski definition) is 2. The van der Waals surface area contributed by atoms with Gasteiger partial charge in [0.25, 0.3) is 0 Å². The molecule has 0 amide bonds. The Labute approximate surface area is 71.2 Å². The summed E-state index contributed by atoms with van der Waals surface area (Å²) in [6.45, 7) is 2.09. The molecule has 2 rings (SSSR count). The fourth-order valence-corrected chi connectivity index (χ4v) is 1.48. The summed E-state index contributed by atoms with van der Waals surface area (Å²) in [6, 6.07) is 3.76. The van der Waals surface area contributed by atoms with Gasteiger partial charge in [-0.15, -0.1) is 5.10 Å². The van der Waals surface area contributed by atoms with E-state index in [4.69, 9.17) is 5.73 Å². The molecular formula is C8H12N4. The Bertz CT molecular complexity index is 250. The summed E-state index contributed by atoms with van der Waals surface area (Å²) < 4.78 is 0. The largest absolute Gasteiger partial charge is 0.382 e. The van der Waals surface area contributed by atoms with Crippen LogP contribution in [-0.2, 0) is 0 Å². The molecule has 1 aliphatic rings. The van der Waals surface area contributed by atoms with E-state index in [0.29, 0.717) is 11.7 Å². The highest BCUT2D eigenvalue weighted by atomic mass is 15.1. The van der Waals surface area contributed by atoms with Crippen molar-refractivity contribution in [2.75, 3.05) is 18.8 Å². The first-order valence-electron chi connectivity index (χ1n) is 4.16. The van der Waals surface area contributed by atoms with E-state index in [1.807, 2.05) is 6.07 Å². The fourth-order valence-electron chi connectivity index (χ4n) is 1.48. The van der Waals surface area contributed by atoms with Crippen molar-refractivity contribution in [2.45, 2.75) is 12.3 Å². The van der Waals surface area contributed by atoms with Crippen molar-refractivity contribution in [3.05, 3.63) is 17.8 Å². The van der Waals surface area contributed by atoms with Crippen LogP contribution in [0, 0.1) is 0 Å². The Balaban J connectivity index is 2.17. The Morgan fingerprint density at radius 2 is 2.33 bits per heavy atom. The first kappa shape index (κ1) is 7.49. The molecule has 0 spiro atoms. The molecule has 0 aromatic carbocycles. The summed E-state index contributed by atoms with van der Waals surface area (Å²) in [7, 11) is 0. The first-order valence-corrected chi connectivity index (χ1v) is 4.16. The van der Waals surface area contributed by atoms with E-state index in [-0.39, 0.29) is 0 Å². The monoisotopic (exact) mass is 164 g/mol. The second-order valence-electron chi connectivity index (χ2n) is 3.07. The predicted octanol–water partition coefficient (Wildman–Crippen LogP) is 0.136. The zero-order valence-corrected chi connectivity index (χ0v) is 6.83. The lowest BCUT2D eigenvalue weighted by Crippen LogP contribution is -2.09. The number of nitrogen functional groups attached to an aromatic ring is 1. The molecule has 12 heavy (non-hydrogen) atoms. The van der Waals surface area contributed by atoms with Gasteiger partial charge in [-0.3, -0.25) is 0 Å². The lowest BCUT2D eigenvalue weighted by atomic mass is 10.1. The van der Waals surface area contributed by atoms with E-state index in [0.717, 1.165) is 25.2 Å². The third kappa shape index (κ3) is 1.38. The van der Waals surface area contributed by atoms with E-state index in [1.165, 1.54) is 0 Å². The molecule has 4 heteroatoms. The highest BCUT2D eigenvalue weighted by Crippen LogP contribution is 2.19. The number of aromatic nitrogens is 2. The predicted molar refractivity (Wildman–Crippen MR) is 46.7 cm³/mol. The minimum absolute atomic E-state index is 0.490. The minimum Gasteiger partial charge on any atom is -0.382 e. The zero-order valence-electron chi connectivity index (χ0n) is 6.83. The second-order valence-corrected chi connectivity index (χ2v) is 3.07. The molecule has 4 nitrogen and oxygen atoms in total. The van der Waals surface area contributed by atoms with Crippen molar-refractivity contribution >= 4 is 5.82 Å². The molecule has 1 aromatic heterocycles. The molecule has 64 valence electrons. The van der Waals surface area contributed by atoms with Crippen molar-refractivity contribution in [1.29, 1.82) is 0 Å². The molecule has 0 radical (unpaired) electrons. The zero-order chi connectivity index (χ0) is 8.39. The van der Waals surface area contributed by atoms with Gasteiger partial charge in [0.05, 0.1) is 5.69 Å². The molecule has 1 atom stereocenters. The van der Waals surface area contributed by atoms with Gasteiger partial charge in [-0.25, -0.2) is 0 Å². The topological polar surface area (TPSA) is 63.8 Å². The van der Waals surface area contributed by atoms with Crippen LogP contribution in [0.4, 0.5) is 5.82 Å². The van der Waals surface area contributed by atoms with Crippen LogP contribution in [0.3, 0.4) is 0 Å². The number of nitrogens with two attached hydrogens (primary N) is 1. The molecule has 1 unspecified atom stereocenters. The number of nitrogens with one attached hydrogen (secondary N) is 1. The van der Waals surface area contributed by atoms with Gasteiger partial charge in [0.2, 0.25) is 0 Å². The summed E-state index contributed by atoms with van der Waals surface area (Å²) in [4.78, 5) is 0. The van der Waals surface area contributed by atoms with Crippen LogP contribution in [0.5, 0.6) is 0 Å². The van der Waals surface area contributed by atoms with Crippen molar-refractivity contribution in [1.82, 2.24) is 15.5 Å². The van der Waals surface area contributed by atoms with E-state index < -0.39 is 0 Å². The fraction of sp³-hybridized carbons (Fsp3) is 0.500. The molecule has 1 aromatic rings. The van der Waals surface area contributed by atoms with Crippen LogP contribution in [0.25, 0.3) is 0 Å². The van der Waals surface area contributed by atoms with Crippen molar-refractivity contribution in [3.63, 3.8) is 0 Å². The Hall–Kier alpha value is -1.16. The minimum atomic E-state index is 0.490. The lowest BCUT2D eigenvalue weighted by molar-refractivity contribution is 0.715. The summed E-state index contributed by atoms with van der Waals surface area (Å²) in [6.07, 6.45) is 1.15.